The third kappa shape index (κ3) is 2.68. The van der Waals surface area contributed by atoms with Crippen molar-refractivity contribution < 1.29 is 18.0 Å². The number of hydrazine groups is 1. The van der Waals surface area contributed by atoms with Gasteiger partial charge in [-0.2, -0.15) is 13.2 Å². The lowest BCUT2D eigenvalue weighted by Gasteiger charge is -2.21. The summed E-state index contributed by atoms with van der Waals surface area (Å²) in [4.78, 5) is 21.7. The van der Waals surface area contributed by atoms with E-state index in [0.29, 0.717) is 24.6 Å². The second-order valence-corrected chi connectivity index (χ2v) is 6.76. The monoisotopic (exact) mass is 363 g/mol. The van der Waals surface area contributed by atoms with Gasteiger partial charge < -0.3 is 4.90 Å². The number of nitrogens with one attached hydrogen (secondary N) is 1. The molecule has 2 fully saturated rings. The number of anilines is 1. The summed E-state index contributed by atoms with van der Waals surface area (Å²) in [5.74, 6) is 5.32. The van der Waals surface area contributed by atoms with Crippen molar-refractivity contribution in [2.24, 2.45) is 11.8 Å². The number of nitrogens with zero attached hydrogens (tertiary/aromatic N) is 3. The van der Waals surface area contributed by atoms with Crippen molar-refractivity contribution in [3.05, 3.63) is 53.3 Å². The number of carbonyl (C=O) groups excluding carboxylic acids is 1. The van der Waals surface area contributed by atoms with Crippen molar-refractivity contribution in [2.75, 3.05) is 18.0 Å². The molecule has 1 amide bonds. The minimum atomic E-state index is -4.35. The summed E-state index contributed by atoms with van der Waals surface area (Å²) >= 11 is 0. The Hall–Kier alpha value is -2.68. The molecule has 9 heteroatoms. The fourth-order valence-corrected chi connectivity index (χ4v) is 3.77. The third-order valence-corrected chi connectivity index (χ3v) is 5.22. The normalized spacial score (nSPS) is 24.3. The van der Waals surface area contributed by atoms with Crippen LogP contribution in [0.5, 0.6) is 0 Å². The molecule has 2 heterocycles. The highest BCUT2D eigenvalue weighted by molar-refractivity contribution is 5.93. The number of hydrogen-bond donors (Lipinski definition) is 2. The topological polar surface area (TPSA) is 84.1 Å². The van der Waals surface area contributed by atoms with Gasteiger partial charge in [-0.25, -0.2) is 15.8 Å². The molecule has 0 bridgehead atoms. The van der Waals surface area contributed by atoms with Crippen LogP contribution in [0.1, 0.15) is 27.9 Å². The van der Waals surface area contributed by atoms with E-state index in [4.69, 9.17) is 5.84 Å². The van der Waals surface area contributed by atoms with Crippen LogP contribution in [0.3, 0.4) is 0 Å². The predicted octanol–water partition coefficient (Wildman–Crippen LogP) is 1.88. The van der Waals surface area contributed by atoms with Crippen LogP contribution in [-0.2, 0) is 11.6 Å². The number of benzene rings is 1. The molecule has 1 saturated heterocycles. The van der Waals surface area contributed by atoms with Gasteiger partial charge in [0, 0.05) is 30.9 Å². The Bertz CT molecular complexity index is 854. The van der Waals surface area contributed by atoms with Crippen LogP contribution in [0.2, 0.25) is 0 Å². The first-order valence-electron chi connectivity index (χ1n) is 8.09. The summed E-state index contributed by atoms with van der Waals surface area (Å²) in [6.07, 6.45) is -0.729. The molecule has 136 valence electrons. The van der Waals surface area contributed by atoms with E-state index >= 15 is 0 Å². The molecule has 2 aliphatic rings. The molecule has 1 aliphatic carbocycles. The maximum Gasteiger partial charge on any atom is 0.416 e. The van der Waals surface area contributed by atoms with E-state index in [0.717, 1.165) is 12.5 Å². The lowest BCUT2D eigenvalue weighted by molar-refractivity contribution is -0.137. The molecule has 1 saturated carbocycles. The molecule has 1 aromatic carbocycles. The van der Waals surface area contributed by atoms with Gasteiger partial charge in [-0.15, -0.1) is 0 Å². The van der Waals surface area contributed by atoms with Gasteiger partial charge in [-0.05, 0) is 24.0 Å². The molecule has 0 spiro atoms. The number of carbonyl (C=O) groups is 1. The van der Waals surface area contributed by atoms with Crippen molar-refractivity contribution in [1.82, 2.24) is 15.4 Å². The number of aromatic nitrogens is 2. The molecule has 4 rings (SSSR count). The van der Waals surface area contributed by atoms with Crippen molar-refractivity contribution in [3.8, 4) is 0 Å². The average molecular weight is 363 g/mol. The number of alkyl halides is 3. The number of nitrogens with two attached hydrogens (primary N) is 1. The van der Waals surface area contributed by atoms with Gasteiger partial charge in [0.05, 0.1) is 11.1 Å². The number of nitrogen functional groups attached to an aromatic ring is 1. The number of halogens is 3. The van der Waals surface area contributed by atoms with Gasteiger partial charge in [0.25, 0.3) is 5.91 Å². The van der Waals surface area contributed by atoms with Gasteiger partial charge in [0.15, 0.2) is 0 Å². The van der Waals surface area contributed by atoms with Crippen molar-refractivity contribution in [2.45, 2.75) is 18.0 Å². The summed E-state index contributed by atoms with van der Waals surface area (Å²) in [5, 5.41) is 0. The Morgan fingerprint density at radius 3 is 2.69 bits per heavy atom. The highest BCUT2D eigenvalue weighted by Gasteiger charge is 2.61. The molecule has 26 heavy (non-hydrogen) atoms. The van der Waals surface area contributed by atoms with Gasteiger partial charge >= 0.3 is 6.18 Å². The van der Waals surface area contributed by atoms with Crippen LogP contribution < -0.4 is 16.2 Å². The first kappa shape index (κ1) is 16.8. The largest absolute Gasteiger partial charge is 0.416 e. The Morgan fingerprint density at radius 1 is 1.31 bits per heavy atom. The molecule has 2 atom stereocenters. The van der Waals surface area contributed by atoms with Crippen molar-refractivity contribution in [3.63, 3.8) is 0 Å². The number of fused-ring (bicyclic) bond motifs is 1. The molecular weight excluding hydrogens is 347 g/mol. The first-order chi connectivity index (χ1) is 12.3. The molecule has 1 aromatic heterocycles. The van der Waals surface area contributed by atoms with Gasteiger partial charge in [-0.1, -0.05) is 18.2 Å². The van der Waals surface area contributed by atoms with Crippen molar-refractivity contribution >= 4 is 11.9 Å². The van der Waals surface area contributed by atoms with Crippen LogP contribution in [0.15, 0.2) is 36.7 Å². The maximum atomic E-state index is 13.0. The molecule has 1 aliphatic heterocycles. The number of rotatable bonds is 3. The Kier molecular flexibility index (Phi) is 3.65. The van der Waals surface area contributed by atoms with E-state index in [2.05, 4.69) is 9.97 Å². The standard InChI is InChI=1S/C17H16F3N5O/c18-17(19,20)12-3-1-2-11(4-12)16-5-13(16)8-25(9-16)15-22-6-10(7-23-15)14(26)24-21/h1-4,6-7,13H,5,8-9,21H2,(H,24,26)/t13-,16+/m1/s1. The smallest absolute Gasteiger partial charge is 0.340 e. The molecule has 0 unspecified atom stereocenters. The van der Waals surface area contributed by atoms with E-state index in [1.165, 1.54) is 24.5 Å². The second kappa shape index (κ2) is 5.66. The van der Waals surface area contributed by atoms with Gasteiger partial charge in [0.1, 0.15) is 0 Å². The van der Waals surface area contributed by atoms with Crippen molar-refractivity contribution in [1.29, 1.82) is 0 Å². The van der Waals surface area contributed by atoms with E-state index in [1.807, 2.05) is 10.3 Å². The van der Waals surface area contributed by atoms with E-state index in [-0.39, 0.29) is 16.9 Å². The Balaban J connectivity index is 1.55. The van der Waals surface area contributed by atoms with Crippen LogP contribution >= 0.6 is 0 Å². The van der Waals surface area contributed by atoms with Gasteiger partial charge in [0.2, 0.25) is 5.95 Å². The van der Waals surface area contributed by atoms with E-state index < -0.39 is 17.6 Å². The number of hydrogen-bond acceptors (Lipinski definition) is 5. The average Bonchev–Trinajstić information content (AvgIpc) is 3.22. The summed E-state index contributed by atoms with van der Waals surface area (Å²) in [6.45, 7) is 1.24. The molecular formula is C17H16F3N5O. The quantitative estimate of drug-likeness (QED) is 0.494. The fourth-order valence-electron chi connectivity index (χ4n) is 3.77. The summed E-state index contributed by atoms with van der Waals surface area (Å²) < 4.78 is 39.0. The fraction of sp³-hybridized carbons (Fsp3) is 0.353. The molecule has 0 radical (unpaired) electrons. The summed E-state index contributed by atoms with van der Waals surface area (Å²) in [7, 11) is 0. The van der Waals surface area contributed by atoms with Gasteiger partial charge in [-0.3, -0.25) is 10.2 Å². The second-order valence-electron chi connectivity index (χ2n) is 6.76. The molecule has 2 aromatic rings. The molecule has 6 nitrogen and oxygen atoms in total. The Morgan fingerprint density at radius 2 is 2.04 bits per heavy atom. The van der Waals surface area contributed by atoms with Crippen LogP contribution in [0.25, 0.3) is 0 Å². The minimum Gasteiger partial charge on any atom is -0.340 e. The SMILES string of the molecule is NNC(=O)c1cnc(N2C[C@H]3C[C@@]3(c3cccc(C(F)(F)F)c3)C2)nc1. The zero-order chi connectivity index (χ0) is 18.5. The lowest BCUT2D eigenvalue weighted by Crippen LogP contribution is -2.31. The minimum absolute atomic E-state index is 0.244. The van der Waals surface area contributed by atoms with Crippen LogP contribution in [0, 0.1) is 5.92 Å². The zero-order valence-electron chi connectivity index (χ0n) is 13.6. The number of amides is 1. The summed E-state index contributed by atoms with van der Waals surface area (Å²) in [6, 6.07) is 5.56. The predicted molar refractivity (Wildman–Crippen MR) is 87.1 cm³/mol. The van der Waals surface area contributed by atoms with E-state index in [1.54, 1.807) is 6.07 Å². The van der Waals surface area contributed by atoms with Crippen LogP contribution in [0.4, 0.5) is 19.1 Å². The zero-order valence-corrected chi connectivity index (χ0v) is 13.6. The third-order valence-electron chi connectivity index (χ3n) is 5.22. The number of piperidine rings is 1. The summed E-state index contributed by atoms with van der Waals surface area (Å²) in [5.41, 5.74) is 2.05. The van der Waals surface area contributed by atoms with Crippen LogP contribution in [-0.4, -0.2) is 29.0 Å². The van der Waals surface area contributed by atoms with E-state index in [9.17, 15) is 18.0 Å². The highest BCUT2D eigenvalue weighted by Crippen LogP contribution is 2.59. The Labute approximate surface area is 147 Å². The first-order valence-corrected chi connectivity index (χ1v) is 8.09. The lowest BCUT2D eigenvalue weighted by atomic mass is 9.93. The molecule has 3 N–H and O–H groups in total. The maximum absolute atomic E-state index is 13.0. The highest BCUT2D eigenvalue weighted by atomic mass is 19.4.